The molecule has 5 aliphatic rings. The molecule has 9 N–H and O–H groups in total. The van der Waals surface area contributed by atoms with Crippen molar-refractivity contribution >= 4 is 189 Å². The van der Waals surface area contributed by atoms with Crippen molar-refractivity contribution in [2.45, 2.75) is 121 Å². The van der Waals surface area contributed by atoms with Gasteiger partial charge in [0.05, 0.1) is 52.9 Å². The zero-order valence-corrected chi connectivity index (χ0v) is 68.3. The topological polar surface area (TPSA) is 541 Å². The standard InChI is InChI=1S/2C20H16ClN3O4.C12H9N3O5.C12H11N3O3.C12H10N2O3.C11H11NO3/c2*1-10-2-3-11(8-15(10)21)19(26)22-12-4-6-16-14(9-12)18(24-28-16)13-5-7-17(25)23-20(13)27;16-10-4-2-7(12(17)13-10)11-8-5-6(15(18)19)1-3-9(8)20-14-11;13-6-1-3-9-8(5-6)11(15-18-9)7-2-4-10(16)14-12(7)17;15-10-6-5-8(12(16)13-10)11-7-3-1-2-4-9(7)17-14-11;1-2-14-11(13)7-9-8-5-3-4-6-10(8)15-12-9/h2*2-4,6,8-9,13H,5,7H2,1H3,(H,22,26)(H,23,25,27);1,3,5,7H,2,4H2,(H,13,16,17);1,3,5,7H,2,4,13H2,(H,14,16,17);1-4,8H,5-6H2,(H,13,15,16);3-6H,2,7H2,1H3. The molecule has 5 aliphatic heterocycles. The van der Waals surface area contributed by atoms with Gasteiger partial charge in [-0.3, -0.25) is 99.0 Å². The van der Waals surface area contributed by atoms with Gasteiger partial charge < -0.3 is 48.2 Å². The van der Waals surface area contributed by atoms with Crippen LogP contribution in [0.2, 0.25) is 10.0 Å². The lowest BCUT2D eigenvalue weighted by Crippen LogP contribution is -2.39. The largest absolute Gasteiger partial charge is 0.466 e. The number of benzene rings is 8. The number of hydrogen-bond donors (Lipinski definition) is 8. The van der Waals surface area contributed by atoms with Crippen molar-refractivity contribution < 1.29 is 99.1 Å². The number of nitrogens with one attached hydrogen (secondary N) is 7. The van der Waals surface area contributed by atoms with E-state index in [1.165, 1.54) is 18.2 Å². The number of para-hydroxylation sites is 2. The number of esters is 1. The van der Waals surface area contributed by atoms with Crippen molar-refractivity contribution in [2.75, 3.05) is 23.0 Å². The van der Waals surface area contributed by atoms with Crippen LogP contribution in [0.15, 0.2) is 185 Å². The summed E-state index contributed by atoms with van der Waals surface area (Å²) in [5.41, 5.74) is 16.2. The van der Waals surface area contributed by atoms with Crippen LogP contribution < -0.4 is 43.0 Å². The SMILES string of the molecule is CCOC(=O)Cc1noc2ccccc12.Cc1ccc(C(=O)Nc2ccc3onc(C4CCC(=O)NC4=O)c3c2)cc1Cl.Cc1ccc(C(=O)Nc2ccc3onc(C4CCC(=O)NC4=O)c3c2)cc1Cl.Nc1ccc2onc(C3CCC(=O)NC3=O)c2c1.O=C1CCC(c2noc3ccc([N+](=O)[O-])cc23)C(=O)N1.O=C1CCC(c2noc3ccccc23)C(=O)N1. The Morgan fingerprint density at radius 2 is 0.746 bits per heavy atom. The van der Waals surface area contributed by atoms with Crippen LogP contribution in [-0.2, 0) is 63.9 Å². The van der Waals surface area contributed by atoms with E-state index in [1.54, 1.807) is 104 Å². The van der Waals surface area contributed by atoms with Gasteiger partial charge in [-0.2, -0.15) is 0 Å². The third-order valence-electron chi connectivity index (χ3n) is 20.9. The molecule has 0 spiro atoms. The Balaban J connectivity index is 0.000000125. The minimum Gasteiger partial charge on any atom is -0.466 e. The number of carbonyl (C=O) groups is 13. The van der Waals surface area contributed by atoms with Crippen molar-refractivity contribution in [3.63, 3.8) is 0 Å². The summed E-state index contributed by atoms with van der Waals surface area (Å²) in [5, 5.41) is 56.6. The van der Waals surface area contributed by atoms with Gasteiger partial charge >= 0.3 is 5.97 Å². The fourth-order valence-electron chi connectivity index (χ4n) is 14.3. The first-order valence-corrected chi connectivity index (χ1v) is 40.0. The molecule has 39 heteroatoms. The van der Waals surface area contributed by atoms with Crippen LogP contribution in [0.25, 0.3) is 65.8 Å². The third-order valence-corrected chi connectivity index (χ3v) is 21.7. The van der Waals surface area contributed by atoms with E-state index in [1.807, 2.05) is 56.3 Å². The molecule has 126 heavy (non-hydrogen) atoms. The number of fused-ring (bicyclic) bond motifs is 6. The fourth-order valence-corrected chi connectivity index (χ4v) is 14.7. The number of nitrogen functional groups attached to an aromatic ring is 1. The first-order valence-electron chi connectivity index (χ1n) is 39.3. The summed E-state index contributed by atoms with van der Waals surface area (Å²) in [7, 11) is 0. The number of aryl methyl sites for hydroxylation is 2. The number of halogens is 2. The highest BCUT2D eigenvalue weighted by Gasteiger charge is 2.38. The molecule has 642 valence electrons. The van der Waals surface area contributed by atoms with E-state index >= 15 is 0 Å². The predicted molar refractivity (Wildman–Crippen MR) is 449 cm³/mol. The number of nitrogens with two attached hydrogens (primary N) is 1. The molecular weight excluding hydrogens is 1680 g/mol. The number of piperidine rings is 5. The van der Waals surface area contributed by atoms with Crippen LogP contribution in [0.5, 0.6) is 0 Å². The summed E-state index contributed by atoms with van der Waals surface area (Å²) in [6.45, 7) is 5.88. The van der Waals surface area contributed by atoms with Gasteiger partial charge in [0.15, 0.2) is 33.5 Å². The number of anilines is 3. The quantitative estimate of drug-likeness (QED) is 0.0175. The number of amides is 12. The highest BCUT2D eigenvalue weighted by atomic mass is 35.5. The molecule has 5 fully saturated rings. The average Bonchev–Trinajstić information content (AvgIpc) is 1.64. The van der Waals surface area contributed by atoms with E-state index in [4.69, 9.17) is 60.8 Å². The predicted octanol–water partition coefficient (Wildman–Crippen LogP) is 12.6. The molecule has 6 aromatic heterocycles. The number of ether oxygens (including phenoxy) is 1. The number of imide groups is 5. The van der Waals surface area contributed by atoms with Crippen LogP contribution in [0, 0.1) is 24.0 Å². The van der Waals surface area contributed by atoms with Crippen molar-refractivity contribution in [2.24, 2.45) is 0 Å². The minimum absolute atomic E-state index is 0.103. The van der Waals surface area contributed by atoms with E-state index in [0.717, 1.165) is 27.3 Å². The molecule has 0 aliphatic carbocycles. The minimum atomic E-state index is -0.629. The number of non-ortho nitro benzene ring substituents is 1. The molecule has 5 atom stereocenters. The summed E-state index contributed by atoms with van der Waals surface area (Å²) < 4.78 is 35.9. The molecule has 5 saturated heterocycles. The lowest BCUT2D eigenvalue weighted by Gasteiger charge is -2.18. The van der Waals surface area contributed by atoms with Gasteiger partial charge in [0.2, 0.25) is 59.1 Å². The van der Waals surface area contributed by atoms with Crippen LogP contribution >= 0.6 is 23.2 Å². The van der Waals surface area contributed by atoms with Crippen LogP contribution in [0.3, 0.4) is 0 Å². The highest BCUT2D eigenvalue weighted by molar-refractivity contribution is 6.32. The smallest absolute Gasteiger partial charge is 0.312 e. The summed E-state index contributed by atoms with van der Waals surface area (Å²) >= 11 is 12.2. The van der Waals surface area contributed by atoms with Crippen molar-refractivity contribution in [3.8, 4) is 0 Å². The van der Waals surface area contributed by atoms with Gasteiger partial charge in [-0.25, -0.2) is 0 Å². The second-order valence-electron chi connectivity index (χ2n) is 29.4. The Labute approximate surface area is 719 Å². The Morgan fingerprint density at radius 1 is 0.421 bits per heavy atom. The Bertz CT molecular complexity index is 6540. The van der Waals surface area contributed by atoms with Crippen molar-refractivity contribution in [1.29, 1.82) is 0 Å². The number of carbonyl (C=O) groups excluding carboxylic acids is 13. The van der Waals surface area contributed by atoms with E-state index < -0.39 is 52.2 Å². The summed E-state index contributed by atoms with van der Waals surface area (Å²) in [5.74, 6) is -6.75. The van der Waals surface area contributed by atoms with Gasteiger partial charge in [-0.15, -0.1) is 0 Å². The van der Waals surface area contributed by atoms with Crippen LogP contribution in [0.4, 0.5) is 22.7 Å². The van der Waals surface area contributed by atoms with Crippen molar-refractivity contribution in [3.05, 3.63) is 234 Å². The zero-order valence-electron chi connectivity index (χ0n) is 66.8. The second-order valence-corrected chi connectivity index (χ2v) is 30.2. The molecule has 14 aromatic rings. The molecular formula is C87H73Cl2N15O22. The Hall–Kier alpha value is -15.5. The fraction of sp³-hybridized carbons (Fsp3) is 0.230. The molecule has 0 saturated carbocycles. The lowest BCUT2D eigenvalue weighted by atomic mass is 9.93. The summed E-state index contributed by atoms with van der Waals surface area (Å²) in [6.07, 6.45) is 3.49. The maximum absolute atomic E-state index is 12.5. The Morgan fingerprint density at radius 3 is 1.12 bits per heavy atom. The first kappa shape index (κ1) is 86.8. The molecule has 19 rings (SSSR count). The molecule has 8 aromatic carbocycles. The molecule has 11 heterocycles. The number of nitro groups is 1. The van der Waals surface area contributed by atoms with Gasteiger partial charge in [0.25, 0.3) is 17.5 Å². The van der Waals surface area contributed by atoms with Crippen molar-refractivity contribution in [1.82, 2.24) is 57.5 Å². The zero-order chi connectivity index (χ0) is 89.1. The van der Waals surface area contributed by atoms with E-state index in [0.29, 0.717) is 174 Å². The molecule has 0 radical (unpaired) electrons. The van der Waals surface area contributed by atoms with E-state index in [-0.39, 0.29) is 90.5 Å². The molecule has 37 nitrogen and oxygen atoms in total. The Kier molecular flexibility index (Phi) is 26.4. The normalized spacial score (nSPS) is 17.4. The lowest BCUT2D eigenvalue weighted by molar-refractivity contribution is -0.384. The van der Waals surface area contributed by atoms with Gasteiger partial charge in [-0.1, -0.05) is 90.5 Å². The first-order chi connectivity index (χ1) is 60.6. The highest BCUT2D eigenvalue weighted by Crippen LogP contribution is 2.38. The molecule has 0 bridgehead atoms. The maximum atomic E-state index is 12.5. The summed E-state index contributed by atoms with van der Waals surface area (Å²) in [4.78, 5) is 162. The van der Waals surface area contributed by atoms with Crippen LogP contribution in [-0.4, -0.2) is 119 Å². The number of nitrogens with zero attached hydrogens (tertiary/aromatic N) is 7. The second kappa shape index (κ2) is 38.3. The van der Waals surface area contributed by atoms with Gasteiger partial charge in [0.1, 0.15) is 34.2 Å². The number of aromatic nitrogens is 6. The molecule has 5 unspecified atom stereocenters. The molecule has 12 amide bonds. The third kappa shape index (κ3) is 20.0. The van der Waals surface area contributed by atoms with E-state index in [9.17, 15) is 72.4 Å². The number of rotatable bonds is 13. The monoisotopic (exact) mass is 1750 g/mol. The van der Waals surface area contributed by atoms with Crippen LogP contribution in [0.1, 0.15) is 167 Å². The maximum Gasteiger partial charge on any atom is 0.312 e. The van der Waals surface area contributed by atoms with E-state index in [2.05, 4.69) is 68.2 Å². The number of nitro benzene ring substituents is 1. The average molecular weight is 1750 g/mol. The van der Waals surface area contributed by atoms with Gasteiger partial charge in [0, 0.05) is 109 Å². The number of hydrogen-bond acceptors (Lipinski definition) is 29. The van der Waals surface area contributed by atoms with Gasteiger partial charge in [-0.05, 0) is 173 Å². The summed E-state index contributed by atoms with van der Waals surface area (Å²) in [6, 6.07) is 44.4.